The Labute approximate surface area is 127 Å². The fourth-order valence-corrected chi connectivity index (χ4v) is 3.13. The second-order valence-electron chi connectivity index (χ2n) is 5.14. The van der Waals surface area contributed by atoms with E-state index in [0.29, 0.717) is 0 Å². The normalized spacial score (nSPS) is 14.0. The van der Waals surface area contributed by atoms with Crippen LogP contribution in [-0.4, -0.2) is 33.1 Å². The van der Waals surface area contributed by atoms with E-state index in [2.05, 4.69) is 13.2 Å². The lowest BCUT2D eigenvalue weighted by Gasteiger charge is -2.29. The van der Waals surface area contributed by atoms with Gasteiger partial charge in [0, 0.05) is 11.1 Å². The van der Waals surface area contributed by atoms with Crippen LogP contribution < -0.4 is 0 Å². The standard InChI is InChI=1S/C14H24O6Si/c1-9(2)13(15)17-11(5)19-21(7,8)20-12(6)18-14(16)10(3)4/h11-12H,1,3H2,2,4-8H3. The minimum atomic E-state index is -2.65. The lowest BCUT2D eigenvalue weighted by molar-refractivity contribution is -0.166. The van der Waals surface area contributed by atoms with E-state index < -0.39 is 33.1 Å². The monoisotopic (exact) mass is 316 g/mol. The second kappa shape index (κ2) is 8.11. The van der Waals surface area contributed by atoms with Crippen LogP contribution in [-0.2, 0) is 27.9 Å². The number of hydrogen-bond acceptors (Lipinski definition) is 6. The zero-order chi connectivity index (χ0) is 16.8. The summed E-state index contributed by atoms with van der Waals surface area (Å²) in [5, 5.41) is 0. The van der Waals surface area contributed by atoms with Crippen LogP contribution in [0, 0.1) is 0 Å². The molecule has 0 aliphatic rings. The van der Waals surface area contributed by atoms with Gasteiger partial charge in [-0.1, -0.05) is 13.2 Å². The maximum absolute atomic E-state index is 11.4. The van der Waals surface area contributed by atoms with E-state index in [0.717, 1.165) is 0 Å². The number of ether oxygens (including phenoxy) is 2. The molecule has 2 unspecified atom stereocenters. The average molecular weight is 316 g/mol. The molecule has 0 radical (unpaired) electrons. The molecule has 0 aliphatic heterocycles. The van der Waals surface area contributed by atoms with Crippen LogP contribution in [0.5, 0.6) is 0 Å². The number of hydrogen-bond donors (Lipinski definition) is 0. The summed E-state index contributed by atoms with van der Waals surface area (Å²) in [7, 11) is -2.65. The van der Waals surface area contributed by atoms with Crippen LogP contribution in [0.4, 0.5) is 0 Å². The van der Waals surface area contributed by atoms with Crippen molar-refractivity contribution in [2.45, 2.75) is 53.4 Å². The maximum atomic E-state index is 11.4. The van der Waals surface area contributed by atoms with Crippen molar-refractivity contribution in [3.05, 3.63) is 24.3 Å². The molecule has 0 amide bonds. The van der Waals surface area contributed by atoms with Crippen LogP contribution in [0.3, 0.4) is 0 Å². The third-order valence-corrected chi connectivity index (χ3v) is 3.94. The van der Waals surface area contributed by atoms with Gasteiger partial charge >= 0.3 is 20.5 Å². The molecule has 2 atom stereocenters. The molecule has 120 valence electrons. The van der Waals surface area contributed by atoms with Crippen molar-refractivity contribution in [3.8, 4) is 0 Å². The van der Waals surface area contributed by atoms with E-state index >= 15 is 0 Å². The van der Waals surface area contributed by atoms with Gasteiger partial charge in [-0.15, -0.1) is 0 Å². The quantitative estimate of drug-likeness (QED) is 0.297. The topological polar surface area (TPSA) is 71.1 Å². The molecular formula is C14H24O6Si. The lowest BCUT2D eigenvalue weighted by atomic mass is 10.4. The molecule has 0 aromatic heterocycles. The van der Waals surface area contributed by atoms with Gasteiger partial charge in [0.15, 0.2) is 12.6 Å². The minimum absolute atomic E-state index is 0.287. The summed E-state index contributed by atoms with van der Waals surface area (Å²) in [6.07, 6.45) is -1.56. The first-order valence-corrected chi connectivity index (χ1v) is 9.35. The summed E-state index contributed by atoms with van der Waals surface area (Å²) in [6.45, 7) is 16.8. The maximum Gasteiger partial charge on any atom is 0.337 e. The number of carbonyl (C=O) groups is 2. The first-order chi connectivity index (χ1) is 9.44. The first kappa shape index (κ1) is 19.6. The predicted octanol–water partition coefficient (Wildman–Crippen LogP) is 2.65. The van der Waals surface area contributed by atoms with Crippen molar-refractivity contribution in [2.75, 3.05) is 0 Å². The lowest BCUT2D eigenvalue weighted by Crippen LogP contribution is -2.43. The van der Waals surface area contributed by atoms with E-state index in [-0.39, 0.29) is 11.1 Å². The van der Waals surface area contributed by atoms with E-state index in [9.17, 15) is 9.59 Å². The number of carbonyl (C=O) groups excluding carboxylic acids is 2. The highest BCUT2D eigenvalue weighted by Crippen LogP contribution is 2.15. The summed E-state index contributed by atoms with van der Waals surface area (Å²) < 4.78 is 21.2. The van der Waals surface area contributed by atoms with Gasteiger partial charge in [-0.3, -0.25) is 0 Å². The van der Waals surface area contributed by atoms with Gasteiger partial charge < -0.3 is 18.3 Å². The Bertz CT molecular complexity index is 391. The van der Waals surface area contributed by atoms with E-state index in [4.69, 9.17) is 18.3 Å². The van der Waals surface area contributed by atoms with Gasteiger partial charge in [0.1, 0.15) is 0 Å². The Kier molecular flexibility index (Phi) is 7.55. The Hall–Kier alpha value is -1.44. The highest BCUT2D eigenvalue weighted by atomic mass is 28.4. The van der Waals surface area contributed by atoms with Crippen LogP contribution >= 0.6 is 0 Å². The summed E-state index contributed by atoms with van der Waals surface area (Å²) in [5.74, 6) is -1.07. The molecule has 0 spiro atoms. The van der Waals surface area contributed by atoms with Crippen molar-refractivity contribution < 1.29 is 27.9 Å². The van der Waals surface area contributed by atoms with Gasteiger partial charge in [-0.25, -0.2) is 9.59 Å². The molecular weight excluding hydrogens is 292 g/mol. The molecule has 0 saturated heterocycles. The Morgan fingerprint density at radius 3 is 1.38 bits per heavy atom. The minimum Gasteiger partial charge on any atom is -0.434 e. The highest BCUT2D eigenvalue weighted by molar-refractivity contribution is 6.64. The number of esters is 2. The molecule has 0 heterocycles. The third kappa shape index (κ3) is 8.44. The summed E-state index contributed by atoms with van der Waals surface area (Å²) in [5.41, 5.74) is 0.573. The number of rotatable bonds is 8. The zero-order valence-electron chi connectivity index (χ0n) is 13.5. The molecule has 0 fully saturated rings. The molecule has 0 saturated carbocycles. The predicted molar refractivity (Wildman–Crippen MR) is 80.4 cm³/mol. The fraction of sp³-hybridized carbons (Fsp3) is 0.571. The van der Waals surface area contributed by atoms with Gasteiger partial charge in [0.05, 0.1) is 0 Å². The molecule has 0 aromatic rings. The molecule has 7 heteroatoms. The molecule has 0 N–H and O–H groups in total. The molecule has 0 bridgehead atoms. The first-order valence-electron chi connectivity index (χ1n) is 6.53. The van der Waals surface area contributed by atoms with Crippen LogP contribution in [0.1, 0.15) is 27.7 Å². The van der Waals surface area contributed by atoms with Crippen LogP contribution in [0.15, 0.2) is 24.3 Å². The average Bonchev–Trinajstić information content (AvgIpc) is 2.25. The SMILES string of the molecule is C=C(C)C(=O)OC(C)O[Si](C)(C)OC(C)OC(=O)C(=C)C. The smallest absolute Gasteiger partial charge is 0.337 e. The summed E-state index contributed by atoms with van der Waals surface area (Å²) in [6, 6.07) is 0. The van der Waals surface area contributed by atoms with Crippen molar-refractivity contribution >= 4 is 20.5 Å². The molecule has 0 rings (SSSR count). The van der Waals surface area contributed by atoms with Gasteiger partial charge in [0.2, 0.25) is 0 Å². The van der Waals surface area contributed by atoms with Gasteiger partial charge in [0.25, 0.3) is 0 Å². The van der Waals surface area contributed by atoms with Crippen molar-refractivity contribution in [2.24, 2.45) is 0 Å². The summed E-state index contributed by atoms with van der Waals surface area (Å²) >= 11 is 0. The fourth-order valence-electron chi connectivity index (χ4n) is 1.38. The van der Waals surface area contributed by atoms with Crippen molar-refractivity contribution in [1.82, 2.24) is 0 Å². The van der Waals surface area contributed by atoms with Gasteiger partial charge in [-0.2, -0.15) is 0 Å². The molecule has 0 aliphatic carbocycles. The largest absolute Gasteiger partial charge is 0.434 e. The Balaban J connectivity index is 4.41. The Morgan fingerprint density at radius 1 is 0.857 bits per heavy atom. The summed E-state index contributed by atoms with van der Waals surface area (Å²) in [4.78, 5) is 22.8. The second-order valence-corrected chi connectivity index (χ2v) is 8.41. The highest BCUT2D eigenvalue weighted by Gasteiger charge is 2.32. The van der Waals surface area contributed by atoms with E-state index in [1.165, 1.54) is 0 Å². The zero-order valence-corrected chi connectivity index (χ0v) is 14.5. The van der Waals surface area contributed by atoms with Crippen molar-refractivity contribution in [1.29, 1.82) is 0 Å². The van der Waals surface area contributed by atoms with Crippen molar-refractivity contribution in [3.63, 3.8) is 0 Å². The third-order valence-electron chi connectivity index (χ3n) is 2.14. The molecule has 21 heavy (non-hydrogen) atoms. The van der Waals surface area contributed by atoms with Crippen LogP contribution in [0.25, 0.3) is 0 Å². The van der Waals surface area contributed by atoms with Crippen LogP contribution in [0.2, 0.25) is 13.1 Å². The molecule has 0 aromatic carbocycles. The van der Waals surface area contributed by atoms with E-state index in [1.807, 2.05) is 0 Å². The van der Waals surface area contributed by atoms with E-state index in [1.54, 1.807) is 40.8 Å². The Morgan fingerprint density at radius 2 is 1.14 bits per heavy atom. The molecule has 6 nitrogen and oxygen atoms in total. The van der Waals surface area contributed by atoms with Gasteiger partial charge in [-0.05, 0) is 40.8 Å².